The van der Waals surface area contributed by atoms with Gasteiger partial charge < -0.3 is 4.90 Å². The summed E-state index contributed by atoms with van der Waals surface area (Å²) < 4.78 is 0. The van der Waals surface area contributed by atoms with Gasteiger partial charge in [0.2, 0.25) is 0 Å². The van der Waals surface area contributed by atoms with Crippen LogP contribution < -0.4 is 0 Å². The van der Waals surface area contributed by atoms with Gasteiger partial charge in [0, 0.05) is 19.8 Å². The zero-order valence-corrected chi connectivity index (χ0v) is 5.96. The van der Waals surface area contributed by atoms with Gasteiger partial charge >= 0.3 is 0 Å². The Labute approximate surface area is 55.9 Å². The van der Waals surface area contributed by atoms with Gasteiger partial charge in [0.05, 0.1) is 6.34 Å². The van der Waals surface area contributed by atoms with E-state index in [0.29, 0.717) is 0 Å². The molecule has 1 aliphatic rings. The van der Waals surface area contributed by atoms with E-state index in [1.807, 2.05) is 19.6 Å². The molecule has 0 amide bonds. The van der Waals surface area contributed by atoms with E-state index in [1.54, 1.807) is 0 Å². The second-order valence-corrected chi connectivity index (χ2v) is 2.47. The molecule has 0 aliphatic carbocycles. The smallest absolute Gasteiger partial charge is 0.0902 e. The van der Waals surface area contributed by atoms with Gasteiger partial charge in [-0.25, -0.2) is 4.99 Å². The Kier molecular flexibility index (Phi) is 1.88. The Morgan fingerprint density at radius 1 is 1.67 bits per heavy atom. The molecule has 2 nitrogen and oxygen atoms in total. The summed E-state index contributed by atoms with van der Waals surface area (Å²) in [5.74, 6) is 0. The molecule has 0 bridgehead atoms. The van der Waals surface area contributed by atoms with Crippen molar-refractivity contribution in [2.24, 2.45) is 4.99 Å². The van der Waals surface area contributed by atoms with E-state index in [9.17, 15) is 0 Å². The van der Waals surface area contributed by atoms with Crippen molar-refractivity contribution in [2.75, 3.05) is 13.6 Å². The van der Waals surface area contributed by atoms with Crippen molar-refractivity contribution in [3.63, 3.8) is 0 Å². The summed E-state index contributed by atoms with van der Waals surface area (Å²) in [6.07, 6.45) is 4.91. The zero-order chi connectivity index (χ0) is 6.69. The Balaban J connectivity index is 2.55. The Bertz CT molecular complexity index is 147. The van der Waals surface area contributed by atoms with Gasteiger partial charge in [-0.3, -0.25) is 0 Å². The van der Waals surface area contributed by atoms with Crippen LogP contribution in [0.3, 0.4) is 0 Å². The molecule has 50 valence electrons. The van der Waals surface area contributed by atoms with Gasteiger partial charge in [-0.1, -0.05) is 5.57 Å². The lowest BCUT2D eigenvalue weighted by atomic mass is 10.2. The molecular weight excluding hydrogens is 112 g/mol. The highest BCUT2D eigenvalue weighted by atomic mass is 15.1. The first-order valence-electron chi connectivity index (χ1n) is 3.18. The first-order valence-corrected chi connectivity index (χ1v) is 3.18. The van der Waals surface area contributed by atoms with Gasteiger partial charge in [-0.05, 0) is 13.3 Å². The number of hydrogen-bond acceptors (Lipinski definition) is 2. The fraction of sp³-hybridized carbons (Fsp3) is 0.571. The molecule has 1 aliphatic heterocycles. The number of aliphatic imine (C=N–C) groups is 1. The minimum absolute atomic E-state index is 1.09. The second kappa shape index (κ2) is 2.67. The van der Waals surface area contributed by atoms with Crippen molar-refractivity contribution in [3.05, 3.63) is 11.8 Å². The van der Waals surface area contributed by atoms with Gasteiger partial charge in [0.25, 0.3) is 0 Å². The summed E-state index contributed by atoms with van der Waals surface area (Å²) in [4.78, 5) is 6.16. The van der Waals surface area contributed by atoms with Crippen molar-refractivity contribution in [1.29, 1.82) is 0 Å². The third-order valence-electron chi connectivity index (χ3n) is 1.42. The minimum Gasteiger partial charge on any atom is -0.365 e. The molecule has 1 heterocycles. The monoisotopic (exact) mass is 124 g/mol. The molecule has 0 aromatic rings. The van der Waals surface area contributed by atoms with Crippen LogP contribution in [0.2, 0.25) is 0 Å². The largest absolute Gasteiger partial charge is 0.365 e. The van der Waals surface area contributed by atoms with Crippen LogP contribution in [-0.2, 0) is 0 Å². The molecule has 0 atom stereocenters. The lowest BCUT2D eigenvalue weighted by Crippen LogP contribution is -2.15. The Hall–Kier alpha value is -0.790. The SMILES string of the molecule is CC1=CN=CN(C)CC1. The van der Waals surface area contributed by atoms with Crippen molar-refractivity contribution in [1.82, 2.24) is 4.90 Å². The molecule has 0 saturated heterocycles. The maximum atomic E-state index is 4.07. The summed E-state index contributed by atoms with van der Waals surface area (Å²) >= 11 is 0. The fourth-order valence-corrected chi connectivity index (χ4v) is 0.749. The van der Waals surface area contributed by atoms with E-state index in [1.165, 1.54) is 5.57 Å². The van der Waals surface area contributed by atoms with Crippen molar-refractivity contribution in [3.8, 4) is 0 Å². The third-order valence-corrected chi connectivity index (χ3v) is 1.42. The molecule has 0 fully saturated rings. The summed E-state index contributed by atoms with van der Waals surface area (Å²) in [5, 5.41) is 0. The second-order valence-electron chi connectivity index (χ2n) is 2.47. The maximum Gasteiger partial charge on any atom is 0.0902 e. The van der Waals surface area contributed by atoms with Crippen LogP contribution in [0.4, 0.5) is 0 Å². The molecule has 0 radical (unpaired) electrons. The number of nitrogens with zero attached hydrogens (tertiary/aromatic N) is 2. The highest BCUT2D eigenvalue weighted by Gasteiger charge is 1.96. The average molecular weight is 124 g/mol. The molecule has 0 N–H and O–H groups in total. The molecule has 0 aromatic carbocycles. The summed E-state index contributed by atoms with van der Waals surface area (Å²) in [6, 6.07) is 0. The van der Waals surface area contributed by atoms with E-state index in [2.05, 4.69) is 16.8 Å². The molecule has 2 heteroatoms. The van der Waals surface area contributed by atoms with Gasteiger partial charge in [-0.2, -0.15) is 0 Å². The summed E-state index contributed by atoms with van der Waals surface area (Å²) in [5.41, 5.74) is 1.36. The topological polar surface area (TPSA) is 15.6 Å². The molecule has 9 heavy (non-hydrogen) atoms. The summed E-state index contributed by atoms with van der Waals surface area (Å²) in [7, 11) is 2.04. The third kappa shape index (κ3) is 1.88. The fourth-order valence-electron chi connectivity index (χ4n) is 0.749. The Morgan fingerprint density at radius 3 is 3.22 bits per heavy atom. The Morgan fingerprint density at radius 2 is 2.44 bits per heavy atom. The van der Waals surface area contributed by atoms with Crippen LogP contribution in [0.25, 0.3) is 0 Å². The molecule has 0 saturated carbocycles. The van der Waals surface area contributed by atoms with Crippen LogP contribution in [0.15, 0.2) is 16.8 Å². The maximum absolute atomic E-state index is 4.07. The van der Waals surface area contributed by atoms with Crippen molar-refractivity contribution < 1.29 is 0 Å². The lowest BCUT2D eigenvalue weighted by molar-refractivity contribution is 0.526. The number of hydrogen-bond donors (Lipinski definition) is 0. The van der Waals surface area contributed by atoms with Gasteiger partial charge in [0.15, 0.2) is 0 Å². The lowest BCUT2D eigenvalue weighted by Gasteiger charge is -2.08. The standard InChI is InChI=1S/C7H12N2/c1-7-3-4-9(2)6-8-5-7/h5-6H,3-4H2,1-2H3. The normalized spacial score (nSPS) is 19.3. The van der Waals surface area contributed by atoms with Gasteiger partial charge in [0.1, 0.15) is 0 Å². The van der Waals surface area contributed by atoms with Crippen molar-refractivity contribution in [2.45, 2.75) is 13.3 Å². The van der Waals surface area contributed by atoms with E-state index in [0.717, 1.165) is 13.0 Å². The zero-order valence-electron chi connectivity index (χ0n) is 5.96. The molecule has 0 spiro atoms. The highest BCUT2D eigenvalue weighted by molar-refractivity contribution is 5.56. The van der Waals surface area contributed by atoms with Crippen LogP contribution in [-0.4, -0.2) is 24.8 Å². The first-order chi connectivity index (χ1) is 4.29. The first kappa shape index (κ1) is 6.33. The van der Waals surface area contributed by atoms with Crippen LogP contribution in [0.1, 0.15) is 13.3 Å². The van der Waals surface area contributed by atoms with Gasteiger partial charge in [-0.15, -0.1) is 0 Å². The highest BCUT2D eigenvalue weighted by Crippen LogP contribution is 2.03. The van der Waals surface area contributed by atoms with Crippen LogP contribution >= 0.6 is 0 Å². The minimum atomic E-state index is 1.09. The summed E-state index contributed by atoms with van der Waals surface area (Å²) in [6.45, 7) is 3.20. The molecular formula is C7H12N2. The predicted molar refractivity (Wildman–Crippen MR) is 39.5 cm³/mol. The molecule has 0 unspecified atom stereocenters. The van der Waals surface area contributed by atoms with E-state index in [-0.39, 0.29) is 0 Å². The van der Waals surface area contributed by atoms with E-state index < -0.39 is 0 Å². The average Bonchev–Trinajstić information content (AvgIpc) is 1.97. The number of rotatable bonds is 0. The van der Waals surface area contributed by atoms with Crippen LogP contribution in [0, 0.1) is 0 Å². The quantitative estimate of drug-likeness (QED) is 0.474. The predicted octanol–water partition coefficient (Wildman–Crippen LogP) is 1.25. The van der Waals surface area contributed by atoms with Crippen LogP contribution in [0.5, 0.6) is 0 Å². The van der Waals surface area contributed by atoms with E-state index in [4.69, 9.17) is 0 Å². The molecule has 1 rings (SSSR count). The molecule has 0 aromatic heterocycles. The van der Waals surface area contributed by atoms with E-state index >= 15 is 0 Å². The van der Waals surface area contributed by atoms with Crippen molar-refractivity contribution >= 4 is 6.34 Å².